The number of alkyl halides is 1. The van der Waals surface area contributed by atoms with E-state index in [1.165, 1.54) is 11.3 Å². The van der Waals surface area contributed by atoms with Gasteiger partial charge >= 0.3 is 0 Å². The monoisotopic (exact) mass is 366 g/mol. The van der Waals surface area contributed by atoms with Gasteiger partial charge in [0.15, 0.2) is 11.5 Å². The van der Waals surface area contributed by atoms with Crippen LogP contribution in [0.1, 0.15) is 16.5 Å². The molecule has 1 aromatic heterocycles. The third-order valence-corrected chi connectivity index (χ3v) is 4.94. The number of hydrogen-bond donors (Lipinski definition) is 0. The van der Waals surface area contributed by atoms with Crippen LogP contribution in [0, 0.1) is 0 Å². The molecule has 0 fully saturated rings. The Morgan fingerprint density at radius 2 is 1.52 bits per heavy atom. The molecule has 2 rings (SSSR count). The molecule has 114 valence electrons. The van der Waals surface area contributed by atoms with Gasteiger partial charge in [0.25, 0.3) is 0 Å². The molecule has 0 amide bonds. The number of thiophene rings is 1. The van der Waals surface area contributed by atoms with E-state index in [1.54, 1.807) is 39.5 Å². The van der Waals surface area contributed by atoms with Crippen molar-refractivity contribution >= 4 is 46.1 Å². The number of methoxy groups -OCH3 is 3. The van der Waals surface area contributed by atoms with Gasteiger partial charge < -0.3 is 14.2 Å². The van der Waals surface area contributed by atoms with Crippen molar-refractivity contribution in [3.63, 3.8) is 0 Å². The van der Waals surface area contributed by atoms with Crippen molar-refractivity contribution in [2.24, 2.45) is 0 Å². The number of halogens is 3. The lowest BCUT2D eigenvalue weighted by Crippen LogP contribution is -1.99. The molecule has 0 aliphatic carbocycles. The summed E-state index contributed by atoms with van der Waals surface area (Å²) < 4.78 is 17.1. The highest BCUT2D eigenvalue weighted by Crippen LogP contribution is 2.45. The topological polar surface area (TPSA) is 27.7 Å². The molecule has 0 bridgehead atoms. The second-order valence-electron chi connectivity index (χ2n) is 4.10. The highest BCUT2D eigenvalue weighted by Gasteiger charge is 2.21. The maximum absolute atomic E-state index is 6.52. The zero-order valence-electron chi connectivity index (χ0n) is 11.6. The van der Waals surface area contributed by atoms with Gasteiger partial charge in [0.2, 0.25) is 5.75 Å². The van der Waals surface area contributed by atoms with Gasteiger partial charge in [0.05, 0.1) is 35.4 Å². The van der Waals surface area contributed by atoms with Crippen LogP contribution in [0.2, 0.25) is 8.67 Å². The van der Waals surface area contributed by atoms with Crippen LogP contribution in [0.4, 0.5) is 0 Å². The molecule has 7 heteroatoms. The van der Waals surface area contributed by atoms with Crippen molar-refractivity contribution in [1.82, 2.24) is 0 Å². The van der Waals surface area contributed by atoms with Crippen LogP contribution in [-0.2, 0) is 0 Å². The van der Waals surface area contributed by atoms with Gasteiger partial charge in [0.1, 0.15) is 0 Å². The summed E-state index contributed by atoms with van der Waals surface area (Å²) in [5.74, 6) is 1.59. The van der Waals surface area contributed by atoms with E-state index in [4.69, 9.17) is 49.0 Å². The minimum absolute atomic E-state index is 0.463. The fraction of sp³-hybridized carbons (Fsp3) is 0.286. The molecule has 3 nitrogen and oxygen atoms in total. The SMILES string of the molecule is COc1cc(C(Cl)c2cc(Cl)sc2Cl)cc(OC)c1OC. The van der Waals surface area contributed by atoms with Crippen molar-refractivity contribution in [3.05, 3.63) is 38.0 Å². The first-order valence-corrected chi connectivity index (χ1v) is 7.91. The van der Waals surface area contributed by atoms with Gasteiger partial charge in [-0.1, -0.05) is 23.2 Å². The zero-order valence-corrected chi connectivity index (χ0v) is 14.7. The number of benzene rings is 1. The predicted octanol–water partition coefficient (Wildman–Crippen LogP) is 5.41. The third-order valence-electron chi connectivity index (χ3n) is 2.94. The smallest absolute Gasteiger partial charge is 0.203 e. The molecular formula is C14H13Cl3O3S. The highest BCUT2D eigenvalue weighted by atomic mass is 35.5. The second kappa shape index (κ2) is 6.97. The minimum Gasteiger partial charge on any atom is -0.493 e. The average molecular weight is 368 g/mol. The summed E-state index contributed by atoms with van der Waals surface area (Å²) in [6.07, 6.45) is 0. The number of ether oxygens (including phenoxy) is 3. The van der Waals surface area contributed by atoms with Crippen LogP contribution in [0.5, 0.6) is 17.2 Å². The van der Waals surface area contributed by atoms with E-state index < -0.39 is 5.38 Å². The maximum atomic E-state index is 6.52. The Morgan fingerprint density at radius 3 is 1.90 bits per heavy atom. The van der Waals surface area contributed by atoms with Crippen LogP contribution in [-0.4, -0.2) is 21.3 Å². The highest BCUT2D eigenvalue weighted by molar-refractivity contribution is 7.20. The Kier molecular flexibility index (Phi) is 5.49. The third kappa shape index (κ3) is 3.34. The molecule has 0 N–H and O–H groups in total. The van der Waals surface area contributed by atoms with E-state index in [0.717, 1.165) is 11.1 Å². The Bertz CT molecular complexity index is 617. The van der Waals surface area contributed by atoms with E-state index in [0.29, 0.717) is 25.9 Å². The fourth-order valence-electron chi connectivity index (χ4n) is 1.95. The van der Waals surface area contributed by atoms with Gasteiger partial charge in [-0.2, -0.15) is 0 Å². The van der Waals surface area contributed by atoms with Gasteiger partial charge in [0, 0.05) is 5.56 Å². The molecule has 1 unspecified atom stereocenters. The Morgan fingerprint density at radius 1 is 0.952 bits per heavy atom. The second-order valence-corrected chi connectivity index (χ2v) is 6.82. The van der Waals surface area contributed by atoms with Crippen molar-refractivity contribution in [1.29, 1.82) is 0 Å². The van der Waals surface area contributed by atoms with Gasteiger partial charge in [-0.15, -0.1) is 22.9 Å². The standard InChI is InChI=1S/C14H13Cl3O3S/c1-18-9-4-7(5-10(19-2)13(9)20-3)12(16)8-6-11(15)21-14(8)17/h4-6,12H,1-3H3. The molecule has 0 spiro atoms. The first kappa shape index (κ1) is 16.6. The Hall–Kier alpha value is -0.810. The van der Waals surface area contributed by atoms with E-state index in [9.17, 15) is 0 Å². The Labute approximate surface area is 142 Å². The first-order valence-electron chi connectivity index (χ1n) is 5.90. The van der Waals surface area contributed by atoms with Crippen LogP contribution in [0.15, 0.2) is 18.2 Å². The van der Waals surface area contributed by atoms with Crippen molar-refractivity contribution in [3.8, 4) is 17.2 Å². The molecule has 0 aliphatic rings. The molecule has 0 radical (unpaired) electrons. The van der Waals surface area contributed by atoms with Crippen LogP contribution in [0.25, 0.3) is 0 Å². The molecule has 2 aromatic rings. The molecule has 1 atom stereocenters. The van der Waals surface area contributed by atoms with Crippen molar-refractivity contribution in [2.45, 2.75) is 5.38 Å². The van der Waals surface area contributed by atoms with E-state index in [-0.39, 0.29) is 0 Å². The van der Waals surface area contributed by atoms with E-state index in [2.05, 4.69) is 0 Å². The molecule has 1 heterocycles. The molecule has 0 saturated carbocycles. The van der Waals surface area contributed by atoms with Gasteiger partial charge in [-0.25, -0.2) is 0 Å². The van der Waals surface area contributed by atoms with Crippen LogP contribution < -0.4 is 14.2 Å². The number of rotatable bonds is 5. The van der Waals surface area contributed by atoms with Gasteiger partial charge in [-0.3, -0.25) is 0 Å². The lowest BCUT2D eigenvalue weighted by Gasteiger charge is -2.16. The fourth-order valence-corrected chi connectivity index (χ4v) is 3.90. The normalized spacial score (nSPS) is 12.1. The lowest BCUT2D eigenvalue weighted by molar-refractivity contribution is 0.324. The molecule has 21 heavy (non-hydrogen) atoms. The maximum Gasteiger partial charge on any atom is 0.203 e. The molecule has 0 saturated heterocycles. The summed E-state index contributed by atoms with van der Waals surface area (Å²) in [5, 5.41) is -0.463. The zero-order chi connectivity index (χ0) is 15.6. The van der Waals surface area contributed by atoms with Crippen LogP contribution in [0.3, 0.4) is 0 Å². The summed E-state index contributed by atoms with van der Waals surface area (Å²) in [6, 6.07) is 5.34. The number of hydrogen-bond acceptors (Lipinski definition) is 4. The van der Waals surface area contributed by atoms with Gasteiger partial charge in [-0.05, 0) is 23.8 Å². The minimum atomic E-state index is -0.463. The van der Waals surface area contributed by atoms with Crippen molar-refractivity contribution in [2.75, 3.05) is 21.3 Å². The van der Waals surface area contributed by atoms with Crippen LogP contribution >= 0.6 is 46.1 Å². The lowest BCUT2D eigenvalue weighted by atomic mass is 10.1. The summed E-state index contributed by atoms with van der Waals surface area (Å²) in [7, 11) is 4.66. The average Bonchev–Trinajstić information content (AvgIpc) is 2.83. The largest absolute Gasteiger partial charge is 0.493 e. The molecule has 0 aliphatic heterocycles. The van der Waals surface area contributed by atoms with Crippen molar-refractivity contribution < 1.29 is 14.2 Å². The quantitative estimate of drug-likeness (QED) is 0.661. The van der Waals surface area contributed by atoms with E-state index in [1.807, 2.05) is 0 Å². The van der Waals surface area contributed by atoms with E-state index >= 15 is 0 Å². The summed E-state index contributed by atoms with van der Waals surface area (Å²) >= 11 is 19.9. The first-order chi connectivity index (χ1) is 10.0. The Balaban J connectivity index is 2.51. The summed E-state index contributed by atoms with van der Waals surface area (Å²) in [6.45, 7) is 0. The molecular weight excluding hydrogens is 355 g/mol. The molecule has 1 aromatic carbocycles. The summed E-state index contributed by atoms with van der Waals surface area (Å²) in [4.78, 5) is 0. The predicted molar refractivity (Wildman–Crippen MR) is 88.1 cm³/mol. The summed E-state index contributed by atoms with van der Waals surface area (Å²) in [5.41, 5.74) is 1.53.